The van der Waals surface area contributed by atoms with Crippen LogP contribution in [0.4, 0.5) is 5.95 Å². The van der Waals surface area contributed by atoms with Gasteiger partial charge in [-0.3, -0.25) is 9.55 Å². The van der Waals surface area contributed by atoms with Gasteiger partial charge in [0, 0.05) is 11.1 Å². The van der Waals surface area contributed by atoms with E-state index in [1.54, 1.807) is 24.2 Å². The number of thioether (sulfide) groups is 1. The highest BCUT2D eigenvalue weighted by molar-refractivity contribution is 7.98. The number of fused-ring (bicyclic) bond motifs is 1. The first-order chi connectivity index (χ1) is 8.79. The Bertz CT molecular complexity index is 705. The summed E-state index contributed by atoms with van der Waals surface area (Å²) in [6.07, 6.45) is 5.53. The zero-order valence-electron chi connectivity index (χ0n) is 9.87. The topological polar surface area (TPSA) is 56.7 Å². The van der Waals surface area contributed by atoms with Gasteiger partial charge in [-0.25, -0.2) is 4.98 Å². The molecule has 0 aliphatic heterocycles. The lowest BCUT2D eigenvalue weighted by Gasteiger charge is -2.07. The Hall–Kier alpha value is -2.01. The first-order valence-corrected chi connectivity index (χ1v) is 6.74. The number of nitrogens with two attached hydrogens (primary N) is 1. The highest BCUT2D eigenvalue weighted by Crippen LogP contribution is 2.25. The summed E-state index contributed by atoms with van der Waals surface area (Å²) in [6.45, 7) is 0. The lowest BCUT2D eigenvalue weighted by atomic mass is 10.3. The van der Waals surface area contributed by atoms with E-state index in [-0.39, 0.29) is 0 Å². The van der Waals surface area contributed by atoms with Gasteiger partial charge in [-0.15, -0.1) is 11.8 Å². The fourth-order valence-corrected chi connectivity index (χ4v) is 2.43. The van der Waals surface area contributed by atoms with E-state index in [0.717, 1.165) is 16.7 Å². The molecule has 18 heavy (non-hydrogen) atoms. The van der Waals surface area contributed by atoms with E-state index < -0.39 is 0 Å². The summed E-state index contributed by atoms with van der Waals surface area (Å²) in [5.74, 6) is 0.483. The minimum atomic E-state index is 0.483. The van der Waals surface area contributed by atoms with Crippen molar-refractivity contribution >= 4 is 28.7 Å². The summed E-state index contributed by atoms with van der Waals surface area (Å²) in [7, 11) is 0. The van der Waals surface area contributed by atoms with E-state index in [9.17, 15) is 0 Å². The van der Waals surface area contributed by atoms with Crippen molar-refractivity contribution in [2.24, 2.45) is 0 Å². The maximum Gasteiger partial charge on any atom is 0.205 e. The monoisotopic (exact) mass is 256 g/mol. The predicted molar refractivity (Wildman–Crippen MR) is 75.1 cm³/mol. The van der Waals surface area contributed by atoms with Gasteiger partial charge in [-0.05, 0) is 30.5 Å². The highest BCUT2D eigenvalue weighted by atomic mass is 32.2. The quantitative estimate of drug-likeness (QED) is 0.716. The van der Waals surface area contributed by atoms with E-state index in [0.29, 0.717) is 5.95 Å². The fourth-order valence-electron chi connectivity index (χ4n) is 1.97. The normalized spacial score (nSPS) is 10.9. The van der Waals surface area contributed by atoms with Crippen molar-refractivity contribution in [3.8, 4) is 5.69 Å². The van der Waals surface area contributed by atoms with Crippen molar-refractivity contribution in [2.45, 2.75) is 4.90 Å². The molecule has 0 bridgehead atoms. The number of anilines is 1. The molecule has 4 nitrogen and oxygen atoms in total. The van der Waals surface area contributed by atoms with Crippen molar-refractivity contribution in [2.75, 3.05) is 12.0 Å². The predicted octanol–water partition coefficient (Wildman–Crippen LogP) is 2.72. The second kappa shape index (κ2) is 4.34. The molecule has 0 unspecified atom stereocenters. The lowest BCUT2D eigenvalue weighted by Crippen LogP contribution is -2.00. The molecule has 0 atom stereocenters. The number of hydrogen-bond donors (Lipinski definition) is 1. The summed E-state index contributed by atoms with van der Waals surface area (Å²) in [5, 5.41) is 0. The van der Waals surface area contributed by atoms with Crippen LogP contribution in [-0.2, 0) is 0 Å². The minimum absolute atomic E-state index is 0.483. The number of nitrogen functional groups attached to an aromatic ring is 1. The molecule has 2 N–H and O–H groups in total. The van der Waals surface area contributed by atoms with Crippen LogP contribution in [0.1, 0.15) is 0 Å². The Morgan fingerprint density at radius 1 is 1.28 bits per heavy atom. The molecule has 0 saturated carbocycles. The molecule has 3 rings (SSSR count). The van der Waals surface area contributed by atoms with E-state index in [1.165, 1.54) is 4.90 Å². The Balaban J connectivity index is 2.27. The Kier molecular flexibility index (Phi) is 2.68. The van der Waals surface area contributed by atoms with Crippen LogP contribution in [0.25, 0.3) is 16.7 Å². The molecule has 1 aromatic carbocycles. The average molecular weight is 256 g/mol. The molecular formula is C13H12N4S. The smallest absolute Gasteiger partial charge is 0.205 e. The number of aromatic nitrogens is 3. The van der Waals surface area contributed by atoms with Crippen molar-refractivity contribution in [3.05, 3.63) is 42.7 Å². The van der Waals surface area contributed by atoms with Crippen molar-refractivity contribution in [1.29, 1.82) is 0 Å². The maximum atomic E-state index is 5.99. The van der Waals surface area contributed by atoms with Crippen LogP contribution in [0.5, 0.6) is 0 Å². The second-order valence-corrected chi connectivity index (χ2v) is 4.75. The molecule has 0 aliphatic carbocycles. The van der Waals surface area contributed by atoms with Gasteiger partial charge in [-0.2, -0.15) is 0 Å². The van der Waals surface area contributed by atoms with Crippen LogP contribution in [-0.4, -0.2) is 20.8 Å². The molecule has 0 amide bonds. The van der Waals surface area contributed by atoms with Gasteiger partial charge in [0.15, 0.2) is 0 Å². The van der Waals surface area contributed by atoms with Gasteiger partial charge in [0.25, 0.3) is 0 Å². The number of hydrogen-bond acceptors (Lipinski definition) is 4. The SMILES string of the molecule is CSc1cccc(-n2c(N)nc3cnccc32)c1. The van der Waals surface area contributed by atoms with Crippen LogP contribution in [0.15, 0.2) is 47.6 Å². The third-order valence-electron chi connectivity index (χ3n) is 2.79. The van der Waals surface area contributed by atoms with Crippen molar-refractivity contribution in [3.63, 3.8) is 0 Å². The summed E-state index contributed by atoms with van der Waals surface area (Å²) in [4.78, 5) is 9.57. The number of benzene rings is 1. The Morgan fingerprint density at radius 3 is 3.00 bits per heavy atom. The average Bonchev–Trinajstić information content (AvgIpc) is 2.74. The third kappa shape index (κ3) is 1.73. The highest BCUT2D eigenvalue weighted by Gasteiger charge is 2.09. The Morgan fingerprint density at radius 2 is 2.17 bits per heavy atom. The van der Waals surface area contributed by atoms with E-state index in [4.69, 9.17) is 5.73 Å². The van der Waals surface area contributed by atoms with Gasteiger partial charge in [0.1, 0.15) is 5.52 Å². The number of nitrogens with zero attached hydrogens (tertiary/aromatic N) is 3. The molecule has 3 aromatic rings. The molecule has 2 aromatic heterocycles. The van der Waals surface area contributed by atoms with Crippen molar-refractivity contribution < 1.29 is 0 Å². The molecule has 2 heterocycles. The number of pyridine rings is 1. The van der Waals surface area contributed by atoms with Crippen LogP contribution in [0.2, 0.25) is 0 Å². The summed E-state index contributed by atoms with van der Waals surface area (Å²) >= 11 is 1.70. The first-order valence-electron chi connectivity index (χ1n) is 5.52. The molecule has 0 saturated heterocycles. The summed E-state index contributed by atoms with van der Waals surface area (Å²) in [6, 6.07) is 10.1. The van der Waals surface area contributed by atoms with Crippen LogP contribution < -0.4 is 5.73 Å². The molecular weight excluding hydrogens is 244 g/mol. The fraction of sp³-hybridized carbons (Fsp3) is 0.0769. The largest absolute Gasteiger partial charge is 0.369 e. The van der Waals surface area contributed by atoms with E-state index >= 15 is 0 Å². The summed E-state index contributed by atoms with van der Waals surface area (Å²) in [5.41, 5.74) is 8.80. The van der Waals surface area contributed by atoms with Crippen LogP contribution in [0, 0.1) is 0 Å². The number of rotatable bonds is 2. The maximum absolute atomic E-state index is 5.99. The molecule has 0 spiro atoms. The molecule has 0 radical (unpaired) electrons. The third-order valence-corrected chi connectivity index (χ3v) is 3.52. The second-order valence-electron chi connectivity index (χ2n) is 3.87. The molecule has 5 heteroatoms. The first kappa shape index (κ1) is 11.1. The number of imidazole rings is 1. The zero-order valence-corrected chi connectivity index (χ0v) is 10.7. The van der Waals surface area contributed by atoms with E-state index in [2.05, 4.69) is 28.4 Å². The lowest BCUT2D eigenvalue weighted by molar-refractivity contribution is 1.10. The van der Waals surface area contributed by atoms with Gasteiger partial charge in [0.2, 0.25) is 5.95 Å². The van der Waals surface area contributed by atoms with Crippen LogP contribution in [0.3, 0.4) is 0 Å². The standard InChI is InChI=1S/C13H12N4S/c1-18-10-4-2-3-9(7-10)17-12-5-6-15-8-11(12)16-13(17)14/h2-8H,1H3,(H2,14,16). The van der Waals surface area contributed by atoms with Gasteiger partial charge >= 0.3 is 0 Å². The van der Waals surface area contributed by atoms with E-state index in [1.807, 2.05) is 22.8 Å². The molecule has 90 valence electrons. The zero-order chi connectivity index (χ0) is 12.5. The molecule has 0 fully saturated rings. The van der Waals surface area contributed by atoms with Gasteiger partial charge < -0.3 is 5.73 Å². The van der Waals surface area contributed by atoms with Gasteiger partial charge in [0.05, 0.1) is 17.4 Å². The summed E-state index contributed by atoms with van der Waals surface area (Å²) < 4.78 is 1.94. The van der Waals surface area contributed by atoms with Gasteiger partial charge in [-0.1, -0.05) is 6.07 Å². The minimum Gasteiger partial charge on any atom is -0.369 e. The molecule has 0 aliphatic rings. The van der Waals surface area contributed by atoms with Crippen LogP contribution >= 0.6 is 11.8 Å². The van der Waals surface area contributed by atoms with Crippen molar-refractivity contribution in [1.82, 2.24) is 14.5 Å². The Labute approximate surface area is 109 Å².